The molecule has 2 rings (SSSR count). The summed E-state index contributed by atoms with van der Waals surface area (Å²) in [5.74, 6) is 0.692. The molecule has 1 aromatic heterocycles. The van der Waals surface area contributed by atoms with Gasteiger partial charge >= 0.3 is 7.12 Å². The normalized spacial score (nSPS) is 13.2. The lowest BCUT2D eigenvalue weighted by Gasteiger charge is -2.39. The van der Waals surface area contributed by atoms with Crippen LogP contribution in [0.4, 0.5) is 0 Å². The van der Waals surface area contributed by atoms with E-state index in [0.717, 1.165) is 12.8 Å². The maximum absolute atomic E-state index is 9.21. The van der Waals surface area contributed by atoms with Gasteiger partial charge in [-0.25, -0.2) is 0 Å². The summed E-state index contributed by atoms with van der Waals surface area (Å²) in [5, 5.41) is 18.5. The van der Waals surface area contributed by atoms with Crippen molar-refractivity contribution in [2.75, 3.05) is 6.61 Å². The van der Waals surface area contributed by atoms with E-state index in [2.05, 4.69) is 38.8 Å². The summed E-state index contributed by atoms with van der Waals surface area (Å²) < 4.78 is 12.6. The van der Waals surface area contributed by atoms with E-state index in [1.54, 1.807) is 24.3 Å². The van der Waals surface area contributed by atoms with E-state index >= 15 is 0 Å². The molecule has 2 N–H and O–H groups in total. The van der Waals surface area contributed by atoms with Crippen LogP contribution < -0.4 is 10.2 Å². The number of aromatic nitrogens is 1. The predicted molar refractivity (Wildman–Crippen MR) is 116 cm³/mol. The third-order valence-corrected chi connectivity index (χ3v) is 9.92. The first-order valence-corrected chi connectivity index (χ1v) is 12.6. The molecule has 0 spiro atoms. The van der Waals surface area contributed by atoms with Gasteiger partial charge in [0.15, 0.2) is 8.32 Å². The fraction of sp³-hybridized carbons (Fsp3) is 0.476. The zero-order valence-electron chi connectivity index (χ0n) is 17.6. The Kier molecular flexibility index (Phi) is 7.83. The van der Waals surface area contributed by atoms with Gasteiger partial charge in [0.1, 0.15) is 12.4 Å². The largest absolute Gasteiger partial charge is 0.491 e. The highest BCUT2D eigenvalue weighted by Gasteiger charge is 2.39. The maximum atomic E-state index is 9.21. The molecule has 2 aromatic rings. The molecule has 1 unspecified atom stereocenters. The second kappa shape index (κ2) is 9.69. The van der Waals surface area contributed by atoms with Gasteiger partial charge in [0.25, 0.3) is 0 Å². The van der Waals surface area contributed by atoms with Crippen LogP contribution in [0, 0.1) is 0 Å². The van der Waals surface area contributed by atoms with E-state index in [1.165, 1.54) is 5.56 Å². The number of nitrogens with zero attached hydrogens (tertiary/aromatic N) is 1. The third-order valence-electron chi connectivity index (χ3n) is 5.39. The summed E-state index contributed by atoms with van der Waals surface area (Å²) in [7, 11) is -3.40. The van der Waals surface area contributed by atoms with Gasteiger partial charge in [-0.3, -0.25) is 4.98 Å². The van der Waals surface area contributed by atoms with E-state index in [4.69, 9.17) is 9.16 Å². The van der Waals surface area contributed by atoms with Crippen LogP contribution >= 0.6 is 0 Å². The number of hydrogen-bond acceptors (Lipinski definition) is 5. The molecule has 1 aromatic carbocycles. The molecule has 0 fully saturated rings. The molecule has 0 aliphatic rings. The highest BCUT2D eigenvalue weighted by Crippen LogP contribution is 2.37. The first-order valence-electron chi connectivity index (χ1n) is 9.74. The van der Waals surface area contributed by atoms with Crippen LogP contribution in [0.25, 0.3) is 0 Å². The Bertz CT molecular complexity index is 717. The van der Waals surface area contributed by atoms with Gasteiger partial charge in [-0.05, 0) is 66.3 Å². The molecule has 0 radical (unpaired) electrons. The molecule has 152 valence electrons. The number of hydrogen-bond donors (Lipinski definition) is 2. The number of aryl methyl sites for hydroxylation is 1. The molecule has 1 atom stereocenters. The summed E-state index contributed by atoms with van der Waals surface area (Å²) in [5.41, 5.74) is 1.68. The third kappa shape index (κ3) is 6.74. The predicted octanol–water partition coefficient (Wildman–Crippen LogP) is 3.16. The van der Waals surface area contributed by atoms with Crippen LogP contribution in [0.15, 0.2) is 48.8 Å². The van der Waals surface area contributed by atoms with Crippen LogP contribution in [0.5, 0.6) is 5.75 Å². The Labute approximate surface area is 170 Å². The van der Waals surface area contributed by atoms with E-state index in [1.807, 2.05) is 24.5 Å². The Hall–Kier alpha value is -1.67. The average Bonchev–Trinajstić information content (AvgIpc) is 2.64. The van der Waals surface area contributed by atoms with Crippen molar-refractivity contribution in [1.82, 2.24) is 4.98 Å². The van der Waals surface area contributed by atoms with Crippen LogP contribution in [-0.2, 0) is 10.8 Å². The molecule has 0 bridgehead atoms. The number of pyridine rings is 1. The molecule has 0 aliphatic carbocycles. The van der Waals surface area contributed by atoms with Crippen molar-refractivity contribution >= 4 is 20.9 Å². The van der Waals surface area contributed by atoms with Gasteiger partial charge in [0.2, 0.25) is 0 Å². The van der Waals surface area contributed by atoms with Crippen molar-refractivity contribution in [3.05, 3.63) is 54.4 Å². The zero-order chi connectivity index (χ0) is 20.8. The molecule has 28 heavy (non-hydrogen) atoms. The van der Waals surface area contributed by atoms with Crippen molar-refractivity contribution in [2.45, 2.75) is 57.8 Å². The fourth-order valence-corrected chi connectivity index (χ4v) is 3.94. The second-order valence-corrected chi connectivity index (χ2v) is 13.4. The highest BCUT2D eigenvalue weighted by atomic mass is 28.4. The van der Waals surface area contributed by atoms with Crippen LogP contribution in [0.3, 0.4) is 0 Å². The van der Waals surface area contributed by atoms with Gasteiger partial charge in [-0.15, -0.1) is 0 Å². The van der Waals surface area contributed by atoms with Crippen molar-refractivity contribution < 1.29 is 19.2 Å². The Morgan fingerprint density at radius 3 is 2.18 bits per heavy atom. The SMILES string of the molecule is CC(C)(C)[Si](C)(C)OC(CCc1ccncc1)COc1ccc(B(O)O)cc1. The Morgan fingerprint density at radius 1 is 1.04 bits per heavy atom. The summed E-state index contributed by atoms with van der Waals surface area (Å²) in [6, 6.07) is 10.9. The van der Waals surface area contributed by atoms with Gasteiger partial charge < -0.3 is 19.2 Å². The van der Waals surface area contributed by atoms with Gasteiger partial charge in [0, 0.05) is 12.4 Å². The van der Waals surface area contributed by atoms with E-state index in [0.29, 0.717) is 17.8 Å². The molecule has 0 amide bonds. The topological polar surface area (TPSA) is 71.8 Å². The van der Waals surface area contributed by atoms with Crippen molar-refractivity contribution in [2.24, 2.45) is 0 Å². The van der Waals surface area contributed by atoms with Gasteiger partial charge in [-0.1, -0.05) is 32.9 Å². The number of benzene rings is 1. The summed E-state index contributed by atoms with van der Waals surface area (Å²) in [6.45, 7) is 11.7. The van der Waals surface area contributed by atoms with Crippen molar-refractivity contribution in [1.29, 1.82) is 0 Å². The van der Waals surface area contributed by atoms with Gasteiger partial charge in [0.05, 0.1) is 6.10 Å². The Morgan fingerprint density at radius 2 is 1.64 bits per heavy atom. The minimum atomic E-state index is -1.93. The standard InChI is InChI=1S/C21H32BNO4Si/c1-21(2,3)28(4,5)27-20(9-6-17-12-14-23-15-13-17)16-26-19-10-7-18(8-11-19)22(24)25/h7-8,10-15,20,24-25H,6,9,16H2,1-5H3. The van der Waals surface area contributed by atoms with Crippen molar-refractivity contribution in [3.8, 4) is 5.75 Å². The minimum Gasteiger partial charge on any atom is -0.491 e. The molecular formula is C21H32BNO4Si. The van der Waals surface area contributed by atoms with E-state index < -0.39 is 15.4 Å². The number of ether oxygens (including phenoxy) is 1. The van der Waals surface area contributed by atoms with E-state index in [9.17, 15) is 10.0 Å². The lowest BCUT2D eigenvalue weighted by atomic mass is 9.80. The van der Waals surface area contributed by atoms with Gasteiger partial charge in [-0.2, -0.15) is 0 Å². The fourth-order valence-electron chi connectivity index (χ4n) is 2.57. The molecule has 7 heteroatoms. The first kappa shape index (κ1) is 22.6. The monoisotopic (exact) mass is 401 g/mol. The van der Waals surface area contributed by atoms with Crippen LogP contribution in [0.1, 0.15) is 32.8 Å². The van der Waals surface area contributed by atoms with E-state index in [-0.39, 0.29) is 11.1 Å². The minimum absolute atomic E-state index is 0.0165. The quantitative estimate of drug-likeness (QED) is 0.632. The lowest BCUT2D eigenvalue weighted by molar-refractivity contribution is 0.108. The molecular weight excluding hydrogens is 369 g/mol. The average molecular weight is 401 g/mol. The van der Waals surface area contributed by atoms with Crippen molar-refractivity contribution in [3.63, 3.8) is 0 Å². The smallest absolute Gasteiger partial charge is 0.488 e. The van der Waals surface area contributed by atoms with Crippen LogP contribution in [0.2, 0.25) is 18.1 Å². The second-order valence-electron chi connectivity index (χ2n) is 8.65. The zero-order valence-corrected chi connectivity index (χ0v) is 18.6. The maximum Gasteiger partial charge on any atom is 0.488 e. The molecule has 0 aliphatic heterocycles. The lowest BCUT2D eigenvalue weighted by Crippen LogP contribution is -2.45. The molecule has 1 heterocycles. The number of rotatable bonds is 9. The molecule has 0 saturated carbocycles. The summed E-state index contributed by atoms with van der Waals surface area (Å²) >= 11 is 0. The molecule has 0 saturated heterocycles. The Balaban J connectivity index is 2.04. The highest BCUT2D eigenvalue weighted by molar-refractivity contribution is 6.74. The molecule has 5 nitrogen and oxygen atoms in total. The summed E-state index contributed by atoms with van der Waals surface area (Å²) in [4.78, 5) is 4.07. The first-order chi connectivity index (χ1) is 13.1. The summed E-state index contributed by atoms with van der Waals surface area (Å²) in [6.07, 6.45) is 5.38. The van der Waals surface area contributed by atoms with Crippen LogP contribution in [-0.4, -0.2) is 43.2 Å².